The van der Waals surface area contributed by atoms with E-state index in [1.807, 2.05) is 74.5 Å². The summed E-state index contributed by atoms with van der Waals surface area (Å²) in [6.07, 6.45) is 3.24. The van der Waals surface area contributed by atoms with Gasteiger partial charge in [0, 0.05) is 5.57 Å². The first-order chi connectivity index (χ1) is 13.5. The van der Waals surface area contributed by atoms with Gasteiger partial charge < -0.3 is 4.84 Å². The maximum atomic E-state index is 12.9. The summed E-state index contributed by atoms with van der Waals surface area (Å²) in [6.45, 7) is 5.68. The zero-order valence-electron chi connectivity index (χ0n) is 16.3. The van der Waals surface area contributed by atoms with Crippen molar-refractivity contribution in [2.24, 2.45) is 11.1 Å². The molecule has 0 saturated heterocycles. The van der Waals surface area contributed by atoms with Gasteiger partial charge in [0.05, 0.1) is 0 Å². The van der Waals surface area contributed by atoms with Gasteiger partial charge in [-0.1, -0.05) is 79.7 Å². The van der Waals surface area contributed by atoms with Gasteiger partial charge in [-0.3, -0.25) is 4.79 Å². The molecule has 142 valence electrons. The summed E-state index contributed by atoms with van der Waals surface area (Å²) in [6, 6.07) is 19.0. The summed E-state index contributed by atoms with van der Waals surface area (Å²) in [7, 11) is 0. The highest BCUT2D eigenvalue weighted by molar-refractivity contribution is 6.21. The summed E-state index contributed by atoms with van der Waals surface area (Å²) in [5.74, 6) is -0.993. The SMILES string of the molecule is CC1=CC(=O)C(C(C)C)=C/C1=N/OC(=O)C(c1ccccc1)c1ccccc1. The summed E-state index contributed by atoms with van der Waals surface area (Å²) in [5, 5.41) is 4.07. The summed E-state index contributed by atoms with van der Waals surface area (Å²) < 4.78 is 0. The Hall–Kier alpha value is -3.27. The van der Waals surface area contributed by atoms with Crippen LogP contribution in [0.3, 0.4) is 0 Å². The lowest BCUT2D eigenvalue weighted by Crippen LogP contribution is -2.18. The minimum Gasteiger partial charge on any atom is -0.317 e. The van der Waals surface area contributed by atoms with Crippen molar-refractivity contribution >= 4 is 17.5 Å². The van der Waals surface area contributed by atoms with Crippen LogP contribution in [0.4, 0.5) is 0 Å². The van der Waals surface area contributed by atoms with E-state index in [2.05, 4.69) is 5.16 Å². The molecule has 4 heteroatoms. The van der Waals surface area contributed by atoms with E-state index in [0.29, 0.717) is 16.9 Å². The Balaban J connectivity index is 1.90. The predicted octanol–water partition coefficient (Wildman–Crippen LogP) is 4.83. The third kappa shape index (κ3) is 4.34. The van der Waals surface area contributed by atoms with Gasteiger partial charge in [0.25, 0.3) is 0 Å². The van der Waals surface area contributed by atoms with Crippen LogP contribution in [-0.4, -0.2) is 17.5 Å². The van der Waals surface area contributed by atoms with Crippen molar-refractivity contribution < 1.29 is 14.4 Å². The van der Waals surface area contributed by atoms with Crippen molar-refractivity contribution in [2.75, 3.05) is 0 Å². The smallest absolute Gasteiger partial charge is 0.317 e. The third-order valence-corrected chi connectivity index (χ3v) is 4.69. The fraction of sp³-hybridized carbons (Fsp3) is 0.208. The number of carbonyl (C=O) groups is 2. The van der Waals surface area contributed by atoms with Crippen LogP contribution in [0.1, 0.15) is 37.8 Å². The van der Waals surface area contributed by atoms with Gasteiger partial charge in [0.2, 0.25) is 0 Å². The van der Waals surface area contributed by atoms with Gasteiger partial charge in [0.15, 0.2) is 5.78 Å². The largest absolute Gasteiger partial charge is 0.346 e. The molecule has 0 saturated carbocycles. The Kier molecular flexibility index (Phi) is 5.99. The van der Waals surface area contributed by atoms with E-state index in [0.717, 1.165) is 11.1 Å². The molecule has 2 aromatic rings. The highest BCUT2D eigenvalue weighted by Gasteiger charge is 2.25. The molecule has 0 heterocycles. The monoisotopic (exact) mass is 373 g/mol. The summed E-state index contributed by atoms with van der Waals surface area (Å²) in [4.78, 5) is 30.4. The zero-order valence-corrected chi connectivity index (χ0v) is 16.3. The van der Waals surface area contributed by atoms with Crippen LogP contribution < -0.4 is 0 Å². The molecule has 0 atom stereocenters. The molecule has 0 spiro atoms. The Morgan fingerprint density at radius 3 is 1.93 bits per heavy atom. The second-order valence-electron chi connectivity index (χ2n) is 7.09. The van der Waals surface area contributed by atoms with Crippen LogP contribution in [0.2, 0.25) is 0 Å². The summed E-state index contributed by atoms with van der Waals surface area (Å²) in [5.41, 5.74) is 3.50. The standard InChI is InChI=1S/C24H23NO3/c1-16(2)20-15-21(17(3)14-22(20)26)25-28-24(27)23(18-10-6-4-7-11-18)19-12-8-5-9-13-19/h4-16,23H,1-3H3/b25-21-. The average Bonchev–Trinajstić information content (AvgIpc) is 2.69. The van der Waals surface area contributed by atoms with E-state index in [1.54, 1.807) is 13.0 Å². The molecule has 4 nitrogen and oxygen atoms in total. The van der Waals surface area contributed by atoms with Crippen molar-refractivity contribution in [3.8, 4) is 0 Å². The maximum Gasteiger partial charge on any atom is 0.346 e. The van der Waals surface area contributed by atoms with E-state index in [-0.39, 0.29) is 11.7 Å². The van der Waals surface area contributed by atoms with Crippen LogP contribution in [-0.2, 0) is 14.4 Å². The number of hydrogen-bond acceptors (Lipinski definition) is 4. The first-order valence-electron chi connectivity index (χ1n) is 9.30. The molecule has 0 bridgehead atoms. The van der Waals surface area contributed by atoms with Crippen molar-refractivity contribution in [3.05, 3.63) is 95.1 Å². The minimum absolute atomic E-state index is 0.0239. The molecule has 0 aromatic heterocycles. The van der Waals surface area contributed by atoms with Crippen LogP contribution >= 0.6 is 0 Å². The lowest BCUT2D eigenvalue weighted by atomic mass is 9.90. The molecule has 0 amide bonds. The van der Waals surface area contributed by atoms with Crippen molar-refractivity contribution in [1.82, 2.24) is 0 Å². The molecule has 2 aromatic carbocycles. The third-order valence-electron chi connectivity index (χ3n) is 4.69. The van der Waals surface area contributed by atoms with E-state index >= 15 is 0 Å². The van der Waals surface area contributed by atoms with Crippen molar-refractivity contribution in [1.29, 1.82) is 0 Å². The normalized spacial score (nSPS) is 15.6. The number of carbonyl (C=O) groups excluding carboxylic acids is 2. The highest BCUT2D eigenvalue weighted by Crippen LogP contribution is 2.26. The number of benzene rings is 2. The van der Waals surface area contributed by atoms with Gasteiger partial charge in [-0.05, 0) is 41.7 Å². The first kappa shape index (κ1) is 19.5. The van der Waals surface area contributed by atoms with Gasteiger partial charge in [-0.2, -0.15) is 0 Å². The summed E-state index contributed by atoms with van der Waals surface area (Å²) >= 11 is 0. The maximum absolute atomic E-state index is 12.9. The fourth-order valence-electron chi connectivity index (χ4n) is 3.14. The van der Waals surface area contributed by atoms with Crippen molar-refractivity contribution in [2.45, 2.75) is 26.7 Å². The lowest BCUT2D eigenvalue weighted by Gasteiger charge is -2.17. The quantitative estimate of drug-likeness (QED) is 0.428. The van der Waals surface area contributed by atoms with Gasteiger partial charge in [-0.25, -0.2) is 4.79 Å². The molecule has 1 aliphatic carbocycles. The van der Waals surface area contributed by atoms with Crippen LogP contribution in [0.5, 0.6) is 0 Å². The zero-order chi connectivity index (χ0) is 20.1. The molecule has 0 fully saturated rings. The van der Waals surface area contributed by atoms with Crippen LogP contribution in [0, 0.1) is 5.92 Å². The van der Waals surface area contributed by atoms with E-state index in [4.69, 9.17) is 4.84 Å². The van der Waals surface area contributed by atoms with Crippen molar-refractivity contribution in [3.63, 3.8) is 0 Å². The van der Waals surface area contributed by atoms with Crippen LogP contribution in [0.15, 0.2) is 89.1 Å². The van der Waals surface area contributed by atoms with Gasteiger partial charge >= 0.3 is 5.97 Å². The molecule has 1 aliphatic rings. The molecule has 0 radical (unpaired) electrons. The molecular weight excluding hydrogens is 350 g/mol. The molecule has 0 unspecified atom stereocenters. The Morgan fingerprint density at radius 1 is 0.893 bits per heavy atom. The molecule has 3 rings (SSSR count). The fourth-order valence-corrected chi connectivity index (χ4v) is 3.14. The topological polar surface area (TPSA) is 55.7 Å². The number of ketones is 1. The number of oxime groups is 1. The van der Waals surface area contributed by atoms with E-state index in [9.17, 15) is 9.59 Å². The number of allylic oxidation sites excluding steroid dienone is 4. The Morgan fingerprint density at radius 2 is 1.43 bits per heavy atom. The van der Waals surface area contributed by atoms with Gasteiger partial charge in [-0.15, -0.1) is 0 Å². The molecular formula is C24H23NO3. The average molecular weight is 373 g/mol. The van der Waals surface area contributed by atoms with Crippen LogP contribution in [0.25, 0.3) is 0 Å². The Labute approximate surface area is 165 Å². The molecule has 0 aliphatic heterocycles. The Bertz CT molecular complexity index is 914. The van der Waals surface area contributed by atoms with E-state index in [1.165, 1.54) is 6.08 Å². The second kappa shape index (κ2) is 8.61. The molecule has 28 heavy (non-hydrogen) atoms. The highest BCUT2D eigenvalue weighted by atomic mass is 16.7. The van der Waals surface area contributed by atoms with E-state index < -0.39 is 11.9 Å². The number of nitrogens with zero attached hydrogens (tertiary/aromatic N) is 1. The molecule has 0 N–H and O–H groups in total. The predicted molar refractivity (Wildman–Crippen MR) is 110 cm³/mol. The second-order valence-corrected chi connectivity index (χ2v) is 7.09. The van der Waals surface area contributed by atoms with Gasteiger partial charge in [0.1, 0.15) is 11.6 Å². The first-order valence-corrected chi connectivity index (χ1v) is 9.30. The lowest BCUT2D eigenvalue weighted by molar-refractivity contribution is -0.144. The number of rotatable bonds is 5. The number of hydrogen-bond donors (Lipinski definition) is 0. The minimum atomic E-state index is -0.574.